The Balaban J connectivity index is 1.52. The van der Waals surface area contributed by atoms with Crippen molar-refractivity contribution in [2.45, 2.75) is 13.5 Å². The summed E-state index contributed by atoms with van der Waals surface area (Å²) in [5.41, 5.74) is 3.27. The molecule has 3 rings (SSSR count). The molecule has 0 spiro atoms. The second-order valence-electron chi connectivity index (χ2n) is 6.95. The van der Waals surface area contributed by atoms with Crippen LogP contribution < -0.4 is 25.5 Å². The molecule has 2 aromatic carbocycles. The number of ether oxygens (including phenoxy) is 2. The molecule has 0 fully saturated rings. The number of carbonyl (C=O) groups is 3. The van der Waals surface area contributed by atoms with Gasteiger partial charge in [-0.3, -0.25) is 14.4 Å². The Morgan fingerprint density at radius 2 is 1.89 bits per heavy atom. The number of benzene rings is 2. The quantitative estimate of drug-likeness (QED) is 0.223. The Kier molecular flexibility index (Phi) is 9.26. The van der Waals surface area contributed by atoms with Gasteiger partial charge in [-0.1, -0.05) is 17.7 Å². The van der Waals surface area contributed by atoms with Gasteiger partial charge in [0, 0.05) is 10.7 Å². The molecule has 0 aliphatic carbocycles. The van der Waals surface area contributed by atoms with Crippen molar-refractivity contribution < 1.29 is 28.3 Å². The monoisotopic (exact) mass is 498 g/mol. The van der Waals surface area contributed by atoms with Gasteiger partial charge in [-0.05, 0) is 61.0 Å². The van der Waals surface area contributed by atoms with Crippen LogP contribution in [0.5, 0.6) is 11.5 Å². The van der Waals surface area contributed by atoms with Crippen LogP contribution in [0.25, 0.3) is 0 Å². The zero-order chi connectivity index (χ0) is 25.0. The van der Waals surface area contributed by atoms with Gasteiger partial charge >= 0.3 is 11.8 Å². The molecule has 0 aliphatic heterocycles. The van der Waals surface area contributed by atoms with Gasteiger partial charge in [0.05, 0.1) is 25.6 Å². The summed E-state index contributed by atoms with van der Waals surface area (Å²) in [5, 5.41) is 9.40. The summed E-state index contributed by atoms with van der Waals surface area (Å²) < 4.78 is 16.3. The number of hydrogen-bond acceptors (Lipinski definition) is 7. The van der Waals surface area contributed by atoms with E-state index >= 15 is 0 Å². The third-order valence-corrected chi connectivity index (χ3v) is 4.56. The van der Waals surface area contributed by atoms with Crippen molar-refractivity contribution >= 4 is 41.2 Å². The SMILES string of the molecule is CCOc1cc(/C=N\NC(=O)C(=O)NCc2ccco2)ccc1OCC(=O)Nc1cccc(Cl)c1. The van der Waals surface area contributed by atoms with Crippen LogP contribution >= 0.6 is 11.6 Å². The fourth-order valence-corrected chi connectivity index (χ4v) is 2.97. The minimum Gasteiger partial charge on any atom is -0.490 e. The molecular weight excluding hydrogens is 476 g/mol. The van der Waals surface area contributed by atoms with E-state index in [1.807, 2.05) is 0 Å². The molecule has 3 N–H and O–H groups in total. The highest BCUT2D eigenvalue weighted by atomic mass is 35.5. The van der Waals surface area contributed by atoms with E-state index in [1.165, 1.54) is 12.5 Å². The zero-order valence-corrected chi connectivity index (χ0v) is 19.5. The first-order chi connectivity index (χ1) is 16.9. The van der Waals surface area contributed by atoms with Crippen LogP contribution in [0.1, 0.15) is 18.2 Å². The summed E-state index contributed by atoms with van der Waals surface area (Å²) >= 11 is 5.92. The lowest BCUT2D eigenvalue weighted by atomic mass is 10.2. The Morgan fingerprint density at radius 3 is 2.63 bits per heavy atom. The molecule has 0 saturated heterocycles. The van der Waals surface area contributed by atoms with E-state index in [1.54, 1.807) is 61.5 Å². The standard InChI is InChI=1S/C24H23ClN4O6/c1-2-33-21-11-16(13-27-29-24(32)23(31)26-14-19-7-4-10-34-19)8-9-20(21)35-15-22(30)28-18-6-3-5-17(25)12-18/h3-13H,2,14-15H2,1H3,(H,26,31)(H,28,30)(H,29,32)/b27-13-. The number of hydrazone groups is 1. The first-order valence-corrected chi connectivity index (χ1v) is 10.9. The molecule has 0 bridgehead atoms. The normalized spacial score (nSPS) is 10.6. The van der Waals surface area contributed by atoms with Gasteiger partial charge in [-0.15, -0.1) is 0 Å². The first kappa shape index (κ1) is 25.3. The summed E-state index contributed by atoms with van der Waals surface area (Å²) in [7, 11) is 0. The van der Waals surface area contributed by atoms with E-state index in [4.69, 9.17) is 25.5 Å². The minimum atomic E-state index is -0.927. The maximum absolute atomic E-state index is 12.2. The number of anilines is 1. The molecule has 1 heterocycles. The number of carbonyl (C=O) groups excluding carboxylic acids is 3. The maximum Gasteiger partial charge on any atom is 0.329 e. The van der Waals surface area contributed by atoms with Crippen LogP contribution in [-0.4, -0.2) is 37.1 Å². The van der Waals surface area contributed by atoms with Crippen LogP contribution in [0.4, 0.5) is 5.69 Å². The third-order valence-electron chi connectivity index (χ3n) is 4.32. The average molecular weight is 499 g/mol. The average Bonchev–Trinajstić information content (AvgIpc) is 3.36. The fourth-order valence-electron chi connectivity index (χ4n) is 2.78. The molecule has 0 saturated carbocycles. The Morgan fingerprint density at radius 1 is 1.03 bits per heavy atom. The van der Waals surface area contributed by atoms with Gasteiger partial charge in [0.2, 0.25) is 0 Å². The van der Waals surface area contributed by atoms with Crippen molar-refractivity contribution in [2.24, 2.45) is 5.10 Å². The molecule has 10 nitrogen and oxygen atoms in total. The van der Waals surface area contributed by atoms with Crippen molar-refractivity contribution in [3.05, 3.63) is 77.2 Å². The predicted molar refractivity (Wildman–Crippen MR) is 129 cm³/mol. The maximum atomic E-state index is 12.2. The van der Waals surface area contributed by atoms with Crippen molar-refractivity contribution in [1.82, 2.24) is 10.7 Å². The summed E-state index contributed by atoms with van der Waals surface area (Å²) in [6.07, 6.45) is 2.81. The molecule has 0 aliphatic rings. The Bertz CT molecular complexity index is 1200. The van der Waals surface area contributed by atoms with Gasteiger partial charge in [0.25, 0.3) is 5.91 Å². The fraction of sp³-hybridized carbons (Fsp3) is 0.167. The number of furan rings is 1. The number of nitrogens with zero attached hydrogens (tertiary/aromatic N) is 1. The van der Waals surface area contributed by atoms with Gasteiger partial charge in [-0.2, -0.15) is 5.10 Å². The van der Waals surface area contributed by atoms with Gasteiger partial charge in [-0.25, -0.2) is 5.43 Å². The number of hydrogen-bond donors (Lipinski definition) is 3. The molecule has 0 atom stereocenters. The highest BCUT2D eigenvalue weighted by Crippen LogP contribution is 2.28. The van der Waals surface area contributed by atoms with Crippen LogP contribution in [0.2, 0.25) is 5.02 Å². The highest BCUT2D eigenvalue weighted by Gasteiger charge is 2.13. The summed E-state index contributed by atoms with van der Waals surface area (Å²) in [4.78, 5) is 35.9. The van der Waals surface area contributed by atoms with E-state index in [-0.39, 0.29) is 19.1 Å². The number of amides is 3. The predicted octanol–water partition coefficient (Wildman–Crippen LogP) is 3.12. The van der Waals surface area contributed by atoms with Crippen molar-refractivity contribution in [1.29, 1.82) is 0 Å². The lowest BCUT2D eigenvalue weighted by Gasteiger charge is -2.12. The number of rotatable bonds is 10. The molecular formula is C24H23ClN4O6. The Labute approximate surface area is 206 Å². The lowest BCUT2D eigenvalue weighted by molar-refractivity contribution is -0.139. The van der Waals surface area contributed by atoms with Crippen LogP contribution in [0.3, 0.4) is 0 Å². The van der Waals surface area contributed by atoms with E-state index in [9.17, 15) is 14.4 Å². The summed E-state index contributed by atoms with van der Waals surface area (Å²) in [6, 6.07) is 15.0. The van der Waals surface area contributed by atoms with Crippen LogP contribution in [0, 0.1) is 0 Å². The largest absolute Gasteiger partial charge is 0.490 e. The topological polar surface area (TPSA) is 131 Å². The van der Waals surface area contributed by atoms with Crippen molar-refractivity contribution in [3.63, 3.8) is 0 Å². The first-order valence-electron chi connectivity index (χ1n) is 10.5. The van der Waals surface area contributed by atoms with Gasteiger partial charge in [0.1, 0.15) is 5.76 Å². The number of halogens is 1. The van der Waals surface area contributed by atoms with E-state index in [0.717, 1.165) is 0 Å². The summed E-state index contributed by atoms with van der Waals surface area (Å²) in [5.74, 6) is -0.895. The van der Waals surface area contributed by atoms with Crippen LogP contribution in [-0.2, 0) is 20.9 Å². The molecule has 35 heavy (non-hydrogen) atoms. The molecule has 1 aromatic heterocycles. The van der Waals surface area contributed by atoms with Crippen LogP contribution in [0.15, 0.2) is 70.4 Å². The van der Waals surface area contributed by atoms with Gasteiger partial charge in [0.15, 0.2) is 18.1 Å². The molecule has 3 aromatic rings. The van der Waals surface area contributed by atoms with Crippen molar-refractivity contribution in [2.75, 3.05) is 18.5 Å². The van der Waals surface area contributed by atoms with E-state index in [2.05, 4.69) is 21.2 Å². The van der Waals surface area contributed by atoms with Gasteiger partial charge < -0.3 is 24.5 Å². The molecule has 0 radical (unpaired) electrons. The summed E-state index contributed by atoms with van der Waals surface area (Å²) in [6.45, 7) is 2.00. The minimum absolute atomic E-state index is 0.0826. The molecule has 182 valence electrons. The van der Waals surface area contributed by atoms with E-state index < -0.39 is 11.8 Å². The molecule has 3 amide bonds. The molecule has 0 unspecified atom stereocenters. The Hall–Kier alpha value is -4.31. The second-order valence-corrected chi connectivity index (χ2v) is 7.38. The highest BCUT2D eigenvalue weighted by molar-refractivity contribution is 6.35. The zero-order valence-electron chi connectivity index (χ0n) is 18.7. The molecule has 11 heteroatoms. The third kappa shape index (κ3) is 8.20. The smallest absolute Gasteiger partial charge is 0.329 e. The second kappa shape index (κ2) is 12.8. The lowest BCUT2D eigenvalue weighted by Crippen LogP contribution is -2.37. The van der Waals surface area contributed by atoms with Crippen molar-refractivity contribution in [3.8, 4) is 11.5 Å². The number of nitrogens with one attached hydrogen (secondary N) is 3. The van der Waals surface area contributed by atoms with E-state index in [0.29, 0.717) is 40.1 Å².